The molecule has 0 amide bonds. The van der Waals surface area contributed by atoms with Gasteiger partial charge in [0, 0.05) is 4.83 Å². The zero-order valence-corrected chi connectivity index (χ0v) is 8.52. The van der Waals surface area contributed by atoms with Gasteiger partial charge in [0.25, 0.3) is 0 Å². The van der Waals surface area contributed by atoms with Crippen molar-refractivity contribution in [2.75, 3.05) is 0 Å². The van der Waals surface area contributed by atoms with Crippen molar-refractivity contribution < 1.29 is 4.74 Å². The smallest absolute Gasteiger partial charge is 0.0923 e. The van der Waals surface area contributed by atoms with Gasteiger partial charge in [-0.25, -0.2) is 0 Å². The molecule has 3 fully saturated rings. The maximum Gasteiger partial charge on any atom is 0.0923 e. The topological polar surface area (TPSA) is 12.5 Å². The van der Waals surface area contributed by atoms with Crippen LogP contribution in [0.2, 0.25) is 0 Å². The van der Waals surface area contributed by atoms with Crippen molar-refractivity contribution in [2.24, 2.45) is 11.3 Å². The van der Waals surface area contributed by atoms with Crippen molar-refractivity contribution in [3.05, 3.63) is 0 Å². The molecular weight excluding hydrogens is 204 g/mol. The van der Waals surface area contributed by atoms with Crippen molar-refractivity contribution in [3.63, 3.8) is 0 Å². The molecular formula is C9H13BrO. The van der Waals surface area contributed by atoms with E-state index < -0.39 is 0 Å². The van der Waals surface area contributed by atoms with Crippen molar-refractivity contribution in [2.45, 2.75) is 43.2 Å². The molecule has 2 heteroatoms. The van der Waals surface area contributed by atoms with Crippen molar-refractivity contribution in [1.29, 1.82) is 0 Å². The van der Waals surface area contributed by atoms with Gasteiger partial charge in [-0.15, -0.1) is 0 Å². The first kappa shape index (κ1) is 6.90. The van der Waals surface area contributed by atoms with Crippen LogP contribution >= 0.6 is 15.9 Å². The Balaban J connectivity index is 1.88. The van der Waals surface area contributed by atoms with Crippen LogP contribution < -0.4 is 0 Å². The highest BCUT2D eigenvalue weighted by Crippen LogP contribution is 2.71. The van der Waals surface area contributed by atoms with Crippen LogP contribution in [0.25, 0.3) is 0 Å². The minimum atomic E-state index is 0.284. The molecule has 1 nitrogen and oxygen atoms in total. The lowest BCUT2D eigenvalue weighted by molar-refractivity contribution is 0.295. The Morgan fingerprint density at radius 1 is 1.36 bits per heavy atom. The second kappa shape index (κ2) is 1.56. The average Bonchev–Trinajstić information content (AvgIpc) is 2.68. The Kier molecular flexibility index (Phi) is 0.977. The van der Waals surface area contributed by atoms with E-state index in [1.165, 1.54) is 12.8 Å². The largest absolute Gasteiger partial charge is 0.366 e. The third-order valence-electron chi connectivity index (χ3n) is 4.01. The standard InChI is InChI=1S/C9H13BrO/c1-8-4-6-9(2,11-6)3-5(8)7(8)10/h5-7H,3-4H2,1-2H3. The molecule has 3 aliphatic rings. The van der Waals surface area contributed by atoms with Gasteiger partial charge in [-0.1, -0.05) is 22.9 Å². The molecule has 0 bridgehead atoms. The third-order valence-corrected chi connectivity index (χ3v) is 5.69. The number of ether oxygens (including phenoxy) is 1. The Hall–Kier alpha value is 0.440. The molecule has 0 radical (unpaired) electrons. The van der Waals surface area contributed by atoms with Gasteiger partial charge in [0.15, 0.2) is 0 Å². The number of epoxide rings is 1. The fourth-order valence-electron chi connectivity index (χ4n) is 2.76. The first-order valence-corrected chi connectivity index (χ1v) is 5.30. The molecule has 11 heavy (non-hydrogen) atoms. The molecule has 5 atom stereocenters. The van der Waals surface area contributed by atoms with Crippen molar-refractivity contribution >= 4 is 15.9 Å². The van der Waals surface area contributed by atoms with Gasteiger partial charge < -0.3 is 4.74 Å². The average molecular weight is 217 g/mol. The zero-order chi connectivity index (χ0) is 7.85. The van der Waals surface area contributed by atoms with E-state index >= 15 is 0 Å². The van der Waals surface area contributed by atoms with E-state index in [0.717, 1.165) is 10.7 Å². The fraction of sp³-hybridized carbons (Fsp3) is 1.00. The molecule has 1 heterocycles. The Morgan fingerprint density at radius 3 is 2.73 bits per heavy atom. The SMILES string of the molecule is CC12CC3C(Br)C3(C)CC1O2. The van der Waals surface area contributed by atoms with Crippen LogP contribution in [0.15, 0.2) is 0 Å². The molecule has 0 spiro atoms. The van der Waals surface area contributed by atoms with Crippen LogP contribution in [0, 0.1) is 11.3 Å². The molecule has 2 saturated carbocycles. The number of rotatable bonds is 0. The Bertz CT molecular complexity index is 230. The van der Waals surface area contributed by atoms with Gasteiger partial charge in [-0.2, -0.15) is 0 Å². The summed E-state index contributed by atoms with van der Waals surface area (Å²) in [6.45, 7) is 4.65. The van der Waals surface area contributed by atoms with Gasteiger partial charge in [0.1, 0.15) is 0 Å². The first-order valence-electron chi connectivity index (χ1n) is 4.38. The summed E-state index contributed by atoms with van der Waals surface area (Å²) in [7, 11) is 0. The summed E-state index contributed by atoms with van der Waals surface area (Å²) < 4.78 is 5.66. The van der Waals surface area contributed by atoms with E-state index in [1.54, 1.807) is 0 Å². The minimum absolute atomic E-state index is 0.284. The predicted octanol–water partition coefficient (Wildman–Crippen LogP) is 2.34. The van der Waals surface area contributed by atoms with Crippen molar-refractivity contribution in [3.8, 4) is 0 Å². The number of halogens is 1. The van der Waals surface area contributed by atoms with E-state index in [2.05, 4.69) is 29.8 Å². The van der Waals surface area contributed by atoms with Crippen LogP contribution in [0.5, 0.6) is 0 Å². The summed E-state index contributed by atoms with van der Waals surface area (Å²) in [4.78, 5) is 0.781. The predicted molar refractivity (Wildman–Crippen MR) is 46.8 cm³/mol. The lowest BCUT2D eigenvalue weighted by Gasteiger charge is -2.16. The molecule has 1 aliphatic heterocycles. The monoisotopic (exact) mass is 216 g/mol. The van der Waals surface area contributed by atoms with Gasteiger partial charge in [0.05, 0.1) is 11.7 Å². The summed E-state index contributed by atoms with van der Waals surface area (Å²) >= 11 is 3.75. The summed E-state index contributed by atoms with van der Waals surface area (Å²) in [6, 6.07) is 0. The first-order chi connectivity index (χ1) is 5.06. The summed E-state index contributed by atoms with van der Waals surface area (Å²) in [5.74, 6) is 0.895. The van der Waals surface area contributed by atoms with E-state index in [0.29, 0.717) is 11.5 Å². The van der Waals surface area contributed by atoms with Crippen LogP contribution in [-0.2, 0) is 4.74 Å². The zero-order valence-electron chi connectivity index (χ0n) is 6.93. The second-order valence-electron chi connectivity index (χ2n) is 4.84. The number of hydrogen-bond acceptors (Lipinski definition) is 1. The molecule has 1 saturated heterocycles. The fourth-order valence-corrected chi connectivity index (χ4v) is 3.93. The molecule has 62 valence electrons. The lowest BCUT2D eigenvalue weighted by Crippen LogP contribution is -2.20. The van der Waals surface area contributed by atoms with Crippen molar-refractivity contribution in [1.82, 2.24) is 0 Å². The normalized spacial score (nSPS) is 71.7. The van der Waals surface area contributed by atoms with Gasteiger partial charge in [-0.3, -0.25) is 0 Å². The molecule has 0 N–H and O–H groups in total. The summed E-state index contributed by atoms with van der Waals surface area (Å²) in [6.07, 6.45) is 3.15. The Morgan fingerprint density at radius 2 is 2.09 bits per heavy atom. The van der Waals surface area contributed by atoms with Gasteiger partial charge >= 0.3 is 0 Å². The highest BCUT2D eigenvalue weighted by molar-refractivity contribution is 9.09. The molecule has 0 aromatic rings. The third kappa shape index (κ3) is 0.665. The molecule has 0 aromatic carbocycles. The molecule has 0 aromatic heterocycles. The van der Waals surface area contributed by atoms with E-state index in [1.807, 2.05) is 0 Å². The number of hydrogen-bond donors (Lipinski definition) is 0. The molecule has 5 unspecified atom stereocenters. The summed E-state index contributed by atoms with van der Waals surface area (Å²) in [5, 5.41) is 0. The molecule has 3 rings (SSSR count). The number of alkyl halides is 1. The molecule has 2 aliphatic carbocycles. The maximum absolute atomic E-state index is 5.66. The van der Waals surface area contributed by atoms with Gasteiger partial charge in [0.2, 0.25) is 0 Å². The second-order valence-corrected chi connectivity index (χ2v) is 5.83. The lowest BCUT2D eigenvalue weighted by atomic mass is 9.84. The van der Waals surface area contributed by atoms with E-state index in [9.17, 15) is 0 Å². The van der Waals surface area contributed by atoms with Crippen LogP contribution in [0.4, 0.5) is 0 Å². The quantitative estimate of drug-likeness (QED) is 0.448. The maximum atomic E-state index is 5.66. The van der Waals surface area contributed by atoms with Crippen LogP contribution in [0.3, 0.4) is 0 Å². The van der Waals surface area contributed by atoms with E-state index in [4.69, 9.17) is 4.74 Å². The number of fused-ring (bicyclic) bond motifs is 2. The van der Waals surface area contributed by atoms with Crippen LogP contribution in [0.1, 0.15) is 26.7 Å². The van der Waals surface area contributed by atoms with Gasteiger partial charge in [-0.05, 0) is 31.1 Å². The minimum Gasteiger partial charge on any atom is -0.366 e. The van der Waals surface area contributed by atoms with E-state index in [-0.39, 0.29) is 5.60 Å². The summed E-state index contributed by atoms with van der Waals surface area (Å²) in [5.41, 5.74) is 0.868. The van der Waals surface area contributed by atoms with Crippen LogP contribution in [-0.4, -0.2) is 16.5 Å². The highest BCUT2D eigenvalue weighted by atomic mass is 79.9. The highest BCUT2D eigenvalue weighted by Gasteiger charge is 2.72. The Labute approximate surface area is 75.6 Å².